The molecule has 2 aromatic heterocycles. The number of likely N-dealkylation sites (N-methyl/N-ethyl adjacent to an activating group) is 1. The molecular formula is C18H20ClFN6. The molecule has 0 spiro atoms. The Morgan fingerprint density at radius 3 is 2.81 bits per heavy atom. The second-order valence-electron chi connectivity index (χ2n) is 6.47. The quantitative estimate of drug-likeness (QED) is 0.729. The van der Waals surface area contributed by atoms with E-state index in [4.69, 9.17) is 5.73 Å². The monoisotopic (exact) mass is 374 g/mol. The van der Waals surface area contributed by atoms with Gasteiger partial charge in [0.05, 0.1) is 11.2 Å². The fraction of sp³-hybridized carbons (Fsp3) is 0.278. The van der Waals surface area contributed by atoms with Crippen molar-refractivity contribution in [3.63, 3.8) is 0 Å². The molecule has 1 aliphatic heterocycles. The average molecular weight is 375 g/mol. The third kappa shape index (κ3) is 3.75. The number of nitrogens with zero attached hydrogens (tertiary/aromatic N) is 4. The van der Waals surface area contributed by atoms with Gasteiger partial charge < -0.3 is 16.0 Å². The molecule has 0 radical (unpaired) electrons. The highest BCUT2D eigenvalue weighted by molar-refractivity contribution is 5.86. The number of nitrogens with one attached hydrogen (secondary N) is 1. The van der Waals surface area contributed by atoms with Crippen molar-refractivity contribution in [1.82, 2.24) is 25.2 Å². The molecule has 26 heavy (non-hydrogen) atoms. The first-order valence-electron chi connectivity index (χ1n) is 8.17. The van der Waals surface area contributed by atoms with Gasteiger partial charge in [-0.15, -0.1) is 12.4 Å². The number of pyridine rings is 1. The van der Waals surface area contributed by atoms with Crippen molar-refractivity contribution in [2.45, 2.75) is 12.6 Å². The summed E-state index contributed by atoms with van der Waals surface area (Å²) < 4.78 is 14.1. The number of halogens is 2. The van der Waals surface area contributed by atoms with Gasteiger partial charge >= 0.3 is 0 Å². The summed E-state index contributed by atoms with van der Waals surface area (Å²) in [4.78, 5) is 14.9. The summed E-state index contributed by atoms with van der Waals surface area (Å²) in [5, 5.41) is 3.44. The first kappa shape index (κ1) is 18.4. The van der Waals surface area contributed by atoms with Crippen molar-refractivity contribution in [1.29, 1.82) is 0 Å². The van der Waals surface area contributed by atoms with E-state index in [1.807, 2.05) is 18.2 Å². The summed E-state index contributed by atoms with van der Waals surface area (Å²) in [5.41, 5.74) is 9.33. The first-order valence-corrected chi connectivity index (χ1v) is 8.17. The molecule has 136 valence electrons. The number of nitrogens with two attached hydrogens (primary N) is 1. The van der Waals surface area contributed by atoms with Gasteiger partial charge in [-0.25, -0.2) is 19.3 Å². The van der Waals surface area contributed by atoms with Gasteiger partial charge in [-0.05, 0) is 42.9 Å². The Bertz CT molecular complexity index is 929. The van der Waals surface area contributed by atoms with E-state index in [0.717, 1.165) is 18.7 Å². The van der Waals surface area contributed by atoms with E-state index in [9.17, 15) is 4.39 Å². The summed E-state index contributed by atoms with van der Waals surface area (Å²) in [6.07, 6.45) is 1.41. The number of anilines is 1. The van der Waals surface area contributed by atoms with Crippen LogP contribution in [0.2, 0.25) is 0 Å². The zero-order chi connectivity index (χ0) is 17.4. The lowest BCUT2D eigenvalue weighted by atomic mass is 10.1. The van der Waals surface area contributed by atoms with Crippen LogP contribution >= 0.6 is 12.4 Å². The van der Waals surface area contributed by atoms with Crippen molar-refractivity contribution in [2.75, 3.05) is 25.9 Å². The Hall–Kier alpha value is -2.35. The van der Waals surface area contributed by atoms with E-state index >= 15 is 0 Å². The molecule has 4 rings (SSSR count). The largest absolute Gasteiger partial charge is 0.382 e. The predicted octanol–water partition coefficient (Wildman–Crippen LogP) is 2.24. The van der Waals surface area contributed by atoms with Gasteiger partial charge in [0.2, 0.25) is 0 Å². The van der Waals surface area contributed by atoms with Gasteiger partial charge in [0.1, 0.15) is 17.7 Å². The third-order valence-electron chi connectivity index (χ3n) is 4.42. The number of aromatic nitrogens is 3. The maximum atomic E-state index is 14.1. The van der Waals surface area contributed by atoms with E-state index in [1.54, 1.807) is 6.07 Å². The van der Waals surface area contributed by atoms with Crippen LogP contribution in [0.25, 0.3) is 22.3 Å². The van der Waals surface area contributed by atoms with Gasteiger partial charge in [0.15, 0.2) is 5.82 Å². The van der Waals surface area contributed by atoms with Gasteiger partial charge in [-0.1, -0.05) is 0 Å². The van der Waals surface area contributed by atoms with Crippen LogP contribution in [-0.2, 0) is 6.54 Å². The number of nitrogen functional groups attached to an aromatic ring is 1. The second-order valence-corrected chi connectivity index (χ2v) is 6.47. The van der Waals surface area contributed by atoms with E-state index in [1.165, 1.54) is 12.4 Å². The number of rotatable bonds is 4. The number of benzene rings is 1. The topological polar surface area (TPSA) is 80.0 Å². The smallest absolute Gasteiger partial charge is 0.153 e. The number of likely N-dealkylation sites (tertiary alicyclic amines) is 1. The highest BCUT2D eigenvalue weighted by Gasteiger charge is 2.22. The van der Waals surface area contributed by atoms with Crippen LogP contribution in [0, 0.1) is 5.82 Å². The lowest BCUT2D eigenvalue weighted by Crippen LogP contribution is -2.55. The normalized spacial score (nSPS) is 14.8. The maximum Gasteiger partial charge on any atom is 0.153 e. The fourth-order valence-electron chi connectivity index (χ4n) is 3.11. The zero-order valence-corrected chi connectivity index (χ0v) is 15.1. The van der Waals surface area contributed by atoms with E-state index < -0.39 is 0 Å². The molecule has 0 unspecified atom stereocenters. The molecule has 3 aromatic rings. The molecule has 1 aromatic carbocycles. The molecule has 0 bridgehead atoms. The maximum absolute atomic E-state index is 14.1. The Morgan fingerprint density at radius 1 is 1.23 bits per heavy atom. The summed E-state index contributed by atoms with van der Waals surface area (Å²) >= 11 is 0. The second kappa shape index (κ2) is 7.49. The Balaban J connectivity index is 0.00000196. The van der Waals surface area contributed by atoms with Crippen molar-refractivity contribution in [3.05, 3.63) is 48.0 Å². The van der Waals surface area contributed by atoms with Crippen LogP contribution in [0.3, 0.4) is 0 Å². The third-order valence-corrected chi connectivity index (χ3v) is 4.42. The summed E-state index contributed by atoms with van der Waals surface area (Å²) in [7, 11) is 2.08. The lowest BCUT2D eigenvalue weighted by molar-refractivity contribution is 0.161. The molecule has 1 fully saturated rings. The van der Waals surface area contributed by atoms with E-state index in [-0.39, 0.29) is 18.2 Å². The van der Waals surface area contributed by atoms with Crippen LogP contribution < -0.4 is 11.1 Å². The van der Waals surface area contributed by atoms with E-state index in [0.29, 0.717) is 40.7 Å². The summed E-state index contributed by atoms with van der Waals surface area (Å²) in [5.74, 6) is 0.0402. The minimum Gasteiger partial charge on any atom is -0.382 e. The van der Waals surface area contributed by atoms with Crippen LogP contribution in [0.1, 0.15) is 5.56 Å². The van der Waals surface area contributed by atoms with Crippen LogP contribution in [0.5, 0.6) is 0 Å². The van der Waals surface area contributed by atoms with Crippen molar-refractivity contribution in [2.24, 2.45) is 0 Å². The molecule has 1 saturated heterocycles. The van der Waals surface area contributed by atoms with Gasteiger partial charge in [0, 0.05) is 31.2 Å². The molecule has 3 N–H and O–H groups in total. The lowest BCUT2D eigenvalue weighted by Gasteiger charge is -2.36. The van der Waals surface area contributed by atoms with Crippen molar-refractivity contribution in [3.8, 4) is 11.3 Å². The molecule has 0 atom stereocenters. The molecule has 3 heterocycles. The zero-order valence-electron chi connectivity index (χ0n) is 14.3. The summed E-state index contributed by atoms with van der Waals surface area (Å²) in [6, 6.07) is 9.09. The first-order chi connectivity index (χ1) is 12.1. The van der Waals surface area contributed by atoms with Crippen molar-refractivity contribution < 1.29 is 4.39 Å². The van der Waals surface area contributed by atoms with Crippen LogP contribution in [0.4, 0.5) is 10.2 Å². The number of hydrogen-bond donors (Lipinski definition) is 2. The molecule has 0 aliphatic carbocycles. The fourth-order valence-corrected chi connectivity index (χ4v) is 3.11. The van der Waals surface area contributed by atoms with Crippen molar-refractivity contribution >= 4 is 29.3 Å². The molecule has 0 amide bonds. The average Bonchev–Trinajstić information content (AvgIpc) is 2.57. The van der Waals surface area contributed by atoms with Gasteiger partial charge in [-0.3, -0.25) is 0 Å². The van der Waals surface area contributed by atoms with Crippen LogP contribution in [0.15, 0.2) is 36.7 Å². The Kier molecular flexibility index (Phi) is 5.31. The Morgan fingerprint density at radius 2 is 2.04 bits per heavy atom. The van der Waals surface area contributed by atoms with Gasteiger partial charge in [0.25, 0.3) is 0 Å². The highest BCUT2D eigenvalue weighted by Crippen LogP contribution is 2.24. The molecule has 6 nitrogen and oxygen atoms in total. The Labute approximate surface area is 157 Å². The predicted molar refractivity (Wildman–Crippen MR) is 103 cm³/mol. The molecule has 0 saturated carbocycles. The van der Waals surface area contributed by atoms with Crippen LogP contribution in [-0.4, -0.2) is 46.0 Å². The molecule has 8 heteroatoms. The minimum absolute atomic E-state index is 0. The number of hydrogen-bond acceptors (Lipinski definition) is 6. The highest BCUT2D eigenvalue weighted by atomic mass is 35.5. The standard InChI is InChI=1S/C18H19FN6.ClH/c1-25-8-14(9-25)21-7-11-4-12(6-13(19)5-11)15-2-3-16-17(24-15)18(20)23-10-22-16;/h2-6,10,14,21H,7-9H2,1H3,(H2,20,22,23);1H. The van der Waals surface area contributed by atoms with Gasteiger partial charge in [-0.2, -0.15) is 0 Å². The molecule has 1 aliphatic rings. The van der Waals surface area contributed by atoms with E-state index in [2.05, 4.69) is 32.2 Å². The minimum atomic E-state index is -0.279. The molecular weight excluding hydrogens is 355 g/mol. The number of fused-ring (bicyclic) bond motifs is 1. The summed E-state index contributed by atoms with van der Waals surface area (Å²) in [6.45, 7) is 2.67. The SMILES string of the molecule is CN1CC(NCc2cc(F)cc(-c3ccc4ncnc(N)c4n3)c2)C1.Cl.